The number of nitrogens with two attached hydrogens (primary N) is 1. The number of nitrogens with one attached hydrogen (secondary N) is 3. The maximum atomic E-state index is 13.8. The fourth-order valence-corrected chi connectivity index (χ4v) is 6.18. The van der Waals surface area contributed by atoms with Crippen LogP contribution in [-0.2, 0) is 55.9 Å². The molecule has 0 heterocycles. The molecule has 13 nitrogen and oxygen atoms in total. The van der Waals surface area contributed by atoms with Gasteiger partial charge in [-0.2, -0.15) is 0 Å². The van der Waals surface area contributed by atoms with Crippen molar-refractivity contribution in [2.45, 2.75) is 58.0 Å². The van der Waals surface area contributed by atoms with E-state index in [1.54, 1.807) is 24.3 Å². The molecule has 57 heavy (non-hydrogen) atoms. The summed E-state index contributed by atoms with van der Waals surface area (Å²) in [5.41, 5.74) is 7.19. The van der Waals surface area contributed by atoms with E-state index in [0.29, 0.717) is 0 Å². The van der Waals surface area contributed by atoms with Gasteiger partial charge >= 0.3 is 0 Å². The number of carbonyl (C=O) groups excluding carboxylic acids is 7. The highest BCUT2D eigenvalue weighted by atomic mass is 16.5. The van der Waals surface area contributed by atoms with Gasteiger partial charge in [0.15, 0.2) is 11.6 Å². The van der Waals surface area contributed by atoms with Crippen molar-refractivity contribution in [2.24, 2.45) is 23.5 Å². The number of amides is 4. The molecule has 4 amide bonds. The van der Waals surface area contributed by atoms with E-state index in [4.69, 9.17) is 15.2 Å². The summed E-state index contributed by atoms with van der Waals surface area (Å²) in [6.45, 7) is 9.94. The van der Waals surface area contributed by atoms with Crippen LogP contribution in [0.4, 0.5) is 0 Å². The van der Waals surface area contributed by atoms with Gasteiger partial charge in [0, 0.05) is 24.7 Å². The highest BCUT2D eigenvalue weighted by Gasteiger charge is 2.33. The number of ketones is 3. The minimum absolute atomic E-state index is 0.00838. The first-order chi connectivity index (χ1) is 27.3. The van der Waals surface area contributed by atoms with Crippen LogP contribution in [0.2, 0.25) is 0 Å². The Bertz CT molecular complexity index is 1880. The first kappa shape index (κ1) is 45.6. The standard InChI is InChI=1S/C44H54N4O9/c1-5-18-56-27-37(47-40(51)23-30-12-8-7-9-13-30)39(50)25-35(20-29(3)4)43(54)48-38(28-57-19-6-2)41(52)44(55)46-26-36(49)24-34(42(45)53)22-31-16-17-32-14-10-11-15-33(32)21-31/h5-17,21,29,34-35,37-38H,1-2,18-20,22-28H2,3-4H3,(H2,45,53)(H,46,55)(H,47,51)(H,48,54). The van der Waals surface area contributed by atoms with Gasteiger partial charge in [-0.15, -0.1) is 13.2 Å². The van der Waals surface area contributed by atoms with Crippen LogP contribution in [0.25, 0.3) is 10.8 Å². The lowest BCUT2D eigenvalue weighted by atomic mass is 9.89. The highest BCUT2D eigenvalue weighted by molar-refractivity contribution is 6.38. The molecule has 0 aliphatic carbocycles. The molecule has 0 aliphatic rings. The molecule has 304 valence electrons. The molecule has 3 aromatic rings. The first-order valence-corrected chi connectivity index (χ1v) is 19.0. The number of hydrogen-bond acceptors (Lipinski definition) is 9. The number of rotatable bonds is 27. The Kier molecular flexibility index (Phi) is 19.2. The summed E-state index contributed by atoms with van der Waals surface area (Å²) in [5, 5.41) is 9.57. The van der Waals surface area contributed by atoms with Crippen molar-refractivity contribution in [1.29, 1.82) is 0 Å². The fraction of sp³-hybridized carbons (Fsp3) is 0.386. The van der Waals surface area contributed by atoms with Gasteiger partial charge < -0.3 is 31.2 Å². The molecule has 4 unspecified atom stereocenters. The molecule has 3 aromatic carbocycles. The minimum atomic E-state index is -1.47. The smallest absolute Gasteiger partial charge is 0.290 e. The number of Topliss-reactive ketones (excluding diaryl/α,β-unsaturated/α-hetero) is 3. The zero-order valence-corrected chi connectivity index (χ0v) is 32.7. The van der Waals surface area contributed by atoms with E-state index in [2.05, 4.69) is 29.1 Å². The summed E-state index contributed by atoms with van der Waals surface area (Å²) in [7, 11) is 0. The summed E-state index contributed by atoms with van der Waals surface area (Å²) in [6, 6.07) is 19.9. The molecular formula is C44H54N4O9. The summed E-state index contributed by atoms with van der Waals surface area (Å²) in [4.78, 5) is 92.0. The second kappa shape index (κ2) is 24.0. The summed E-state index contributed by atoms with van der Waals surface area (Å²) in [5.74, 6) is -6.84. The van der Waals surface area contributed by atoms with Crippen LogP contribution < -0.4 is 21.7 Å². The van der Waals surface area contributed by atoms with E-state index < -0.39 is 78.0 Å². The number of ether oxygens (including phenoxy) is 2. The van der Waals surface area contributed by atoms with Crippen LogP contribution in [0.5, 0.6) is 0 Å². The van der Waals surface area contributed by atoms with Gasteiger partial charge in [-0.25, -0.2) is 0 Å². The van der Waals surface area contributed by atoms with E-state index in [1.807, 2.05) is 62.4 Å². The van der Waals surface area contributed by atoms with Gasteiger partial charge in [0.25, 0.3) is 5.91 Å². The van der Waals surface area contributed by atoms with Crippen LogP contribution >= 0.6 is 0 Å². The number of benzene rings is 3. The summed E-state index contributed by atoms with van der Waals surface area (Å²) < 4.78 is 11.0. The fourth-order valence-electron chi connectivity index (χ4n) is 6.18. The molecule has 0 bridgehead atoms. The normalized spacial score (nSPS) is 13.1. The number of primary amides is 1. The van der Waals surface area contributed by atoms with Crippen LogP contribution in [-0.4, -0.2) is 86.0 Å². The lowest BCUT2D eigenvalue weighted by Gasteiger charge is -2.24. The molecule has 5 N–H and O–H groups in total. The van der Waals surface area contributed by atoms with Crippen molar-refractivity contribution in [3.63, 3.8) is 0 Å². The molecule has 0 saturated carbocycles. The Morgan fingerprint density at radius 2 is 1.37 bits per heavy atom. The van der Waals surface area contributed by atoms with E-state index in [1.165, 1.54) is 12.2 Å². The van der Waals surface area contributed by atoms with Crippen LogP contribution in [0.15, 0.2) is 98.1 Å². The lowest BCUT2D eigenvalue weighted by Crippen LogP contribution is -2.52. The van der Waals surface area contributed by atoms with Crippen LogP contribution in [0.3, 0.4) is 0 Å². The van der Waals surface area contributed by atoms with Crippen molar-refractivity contribution < 1.29 is 43.0 Å². The van der Waals surface area contributed by atoms with Crippen molar-refractivity contribution >= 4 is 51.8 Å². The molecule has 0 aromatic heterocycles. The van der Waals surface area contributed by atoms with Gasteiger partial charge in [-0.05, 0) is 40.7 Å². The van der Waals surface area contributed by atoms with Gasteiger partial charge in [0.1, 0.15) is 12.1 Å². The van der Waals surface area contributed by atoms with Gasteiger partial charge in [-0.3, -0.25) is 33.6 Å². The maximum Gasteiger partial charge on any atom is 0.290 e. The quantitative estimate of drug-likeness (QED) is 0.0509. The van der Waals surface area contributed by atoms with Crippen molar-refractivity contribution in [3.05, 3.63) is 109 Å². The van der Waals surface area contributed by atoms with E-state index >= 15 is 0 Å². The van der Waals surface area contributed by atoms with Crippen LogP contribution in [0.1, 0.15) is 44.2 Å². The zero-order chi connectivity index (χ0) is 41.7. The molecule has 0 radical (unpaired) electrons. The Morgan fingerprint density at radius 3 is 2.00 bits per heavy atom. The summed E-state index contributed by atoms with van der Waals surface area (Å²) in [6.07, 6.45) is 2.84. The Balaban J connectivity index is 1.66. The molecule has 13 heteroatoms. The SMILES string of the molecule is C=CCOCC(NC(=O)Cc1ccccc1)C(=O)CC(CC(C)C)C(=O)NC(COCC=C)C(=O)C(=O)NCC(=O)CC(Cc1ccc2ccccc2c1)C(N)=O. The monoisotopic (exact) mass is 782 g/mol. The number of hydrogen-bond donors (Lipinski definition) is 4. The third-order valence-corrected chi connectivity index (χ3v) is 9.02. The third-order valence-electron chi connectivity index (χ3n) is 9.02. The molecular weight excluding hydrogens is 729 g/mol. The zero-order valence-electron chi connectivity index (χ0n) is 32.7. The second-order valence-corrected chi connectivity index (χ2v) is 14.3. The first-order valence-electron chi connectivity index (χ1n) is 19.0. The minimum Gasteiger partial charge on any atom is -0.375 e. The Hall–Kier alpha value is -5.79. The number of carbonyl (C=O) groups is 7. The number of fused-ring (bicyclic) bond motifs is 1. The lowest BCUT2D eigenvalue weighted by molar-refractivity contribution is -0.142. The summed E-state index contributed by atoms with van der Waals surface area (Å²) >= 11 is 0. The molecule has 3 rings (SSSR count). The van der Waals surface area contributed by atoms with Gasteiger partial charge in [-0.1, -0.05) is 98.8 Å². The second-order valence-electron chi connectivity index (χ2n) is 14.3. The average Bonchev–Trinajstić information content (AvgIpc) is 3.18. The molecule has 0 aliphatic heterocycles. The maximum absolute atomic E-state index is 13.8. The molecule has 0 saturated heterocycles. The van der Waals surface area contributed by atoms with E-state index in [0.717, 1.165) is 21.9 Å². The largest absolute Gasteiger partial charge is 0.375 e. The van der Waals surface area contributed by atoms with Crippen molar-refractivity contribution in [1.82, 2.24) is 16.0 Å². The van der Waals surface area contributed by atoms with Crippen molar-refractivity contribution in [3.8, 4) is 0 Å². The average molecular weight is 783 g/mol. The van der Waals surface area contributed by atoms with Gasteiger partial charge in [0.2, 0.25) is 23.5 Å². The Labute approximate surface area is 333 Å². The van der Waals surface area contributed by atoms with Gasteiger partial charge in [0.05, 0.1) is 39.4 Å². The predicted molar refractivity (Wildman–Crippen MR) is 217 cm³/mol. The predicted octanol–water partition coefficient (Wildman–Crippen LogP) is 3.37. The topological polar surface area (TPSA) is 200 Å². The third kappa shape index (κ3) is 16.1. The molecule has 0 fully saturated rings. The van der Waals surface area contributed by atoms with Crippen LogP contribution in [0, 0.1) is 17.8 Å². The highest BCUT2D eigenvalue weighted by Crippen LogP contribution is 2.20. The van der Waals surface area contributed by atoms with E-state index in [9.17, 15) is 33.6 Å². The van der Waals surface area contributed by atoms with E-state index in [-0.39, 0.29) is 57.8 Å². The molecule has 4 atom stereocenters. The Morgan fingerprint density at radius 1 is 0.737 bits per heavy atom. The molecule has 0 spiro atoms. The van der Waals surface area contributed by atoms with Crippen molar-refractivity contribution in [2.75, 3.05) is 33.0 Å².